The molecule has 0 aliphatic carbocycles. The number of anilines is 2. The Kier molecular flexibility index (Phi) is 5.00. The van der Waals surface area contributed by atoms with Gasteiger partial charge in [-0.1, -0.05) is 0 Å². The van der Waals surface area contributed by atoms with Crippen LogP contribution >= 0.6 is 0 Å². The van der Waals surface area contributed by atoms with Crippen LogP contribution in [0.4, 0.5) is 11.4 Å². The second kappa shape index (κ2) is 7.36. The van der Waals surface area contributed by atoms with Gasteiger partial charge in [-0.25, -0.2) is 0 Å². The first kappa shape index (κ1) is 17.0. The van der Waals surface area contributed by atoms with Crippen LogP contribution in [0.5, 0.6) is 0 Å². The molecule has 1 aromatic heterocycles. The van der Waals surface area contributed by atoms with Crippen LogP contribution in [0.25, 0.3) is 0 Å². The molecule has 1 fully saturated rings. The van der Waals surface area contributed by atoms with Crippen molar-refractivity contribution in [3.8, 4) is 6.07 Å². The summed E-state index contributed by atoms with van der Waals surface area (Å²) in [4.78, 5) is 14.4. The van der Waals surface area contributed by atoms with E-state index >= 15 is 0 Å². The van der Waals surface area contributed by atoms with Gasteiger partial charge in [-0.3, -0.25) is 9.48 Å². The SMILES string of the molecule is CCn1cc(C(=O)Nc2ccc(N3CCC(O)CC3)c(C#N)c2)cn1. The van der Waals surface area contributed by atoms with Crippen molar-refractivity contribution in [3.63, 3.8) is 0 Å². The number of hydrogen-bond donors (Lipinski definition) is 2. The third kappa shape index (κ3) is 3.80. The summed E-state index contributed by atoms with van der Waals surface area (Å²) >= 11 is 0. The van der Waals surface area contributed by atoms with E-state index in [1.54, 1.807) is 23.0 Å². The lowest BCUT2D eigenvalue weighted by Gasteiger charge is -2.32. The molecule has 130 valence electrons. The average Bonchev–Trinajstić information content (AvgIpc) is 3.12. The Bertz CT molecular complexity index is 800. The second-order valence-corrected chi connectivity index (χ2v) is 6.10. The Morgan fingerprint density at radius 3 is 2.84 bits per heavy atom. The normalized spacial score (nSPS) is 15.0. The Labute approximate surface area is 146 Å². The van der Waals surface area contributed by atoms with Gasteiger partial charge in [-0.15, -0.1) is 0 Å². The van der Waals surface area contributed by atoms with E-state index in [1.807, 2.05) is 13.0 Å². The van der Waals surface area contributed by atoms with Gasteiger partial charge in [0.05, 0.1) is 29.1 Å². The average molecular weight is 339 g/mol. The minimum absolute atomic E-state index is 0.252. The molecule has 2 N–H and O–H groups in total. The number of benzene rings is 1. The van der Waals surface area contributed by atoms with E-state index in [9.17, 15) is 15.2 Å². The van der Waals surface area contributed by atoms with E-state index in [0.717, 1.165) is 18.8 Å². The predicted octanol–water partition coefficient (Wildman–Crippen LogP) is 1.99. The monoisotopic (exact) mass is 339 g/mol. The summed E-state index contributed by atoms with van der Waals surface area (Å²) in [6.45, 7) is 4.09. The van der Waals surface area contributed by atoms with E-state index < -0.39 is 0 Å². The van der Waals surface area contributed by atoms with Gasteiger partial charge >= 0.3 is 0 Å². The van der Waals surface area contributed by atoms with Crippen LogP contribution in [0.2, 0.25) is 0 Å². The molecule has 2 aromatic rings. The number of nitrogens with one attached hydrogen (secondary N) is 1. The molecule has 0 saturated carbocycles. The first-order valence-corrected chi connectivity index (χ1v) is 8.41. The van der Waals surface area contributed by atoms with E-state index in [4.69, 9.17) is 0 Å². The minimum Gasteiger partial charge on any atom is -0.393 e. The van der Waals surface area contributed by atoms with Crippen molar-refractivity contribution < 1.29 is 9.90 Å². The molecule has 3 rings (SSSR count). The number of aliphatic hydroxyl groups excluding tert-OH is 1. The molecule has 25 heavy (non-hydrogen) atoms. The highest BCUT2D eigenvalue weighted by atomic mass is 16.3. The topological polar surface area (TPSA) is 94.2 Å². The molecule has 0 spiro atoms. The Hall–Kier alpha value is -2.85. The van der Waals surface area contributed by atoms with Gasteiger partial charge in [0.25, 0.3) is 5.91 Å². The summed E-state index contributed by atoms with van der Waals surface area (Å²) in [5.74, 6) is -0.252. The van der Waals surface area contributed by atoms with E-state index in [-0.39, 0.29) is 12.0 Å². The molecule has 1 aliphatic heterocycles. The fraction of sp³-hybridized carbons (Fsp3) is 0.389. The zero-order valence-electron chi connectivity index (χ0n) is 14.1. The van der Waals surface area contributed by atoms with Gasteiger partial charge < -0.3 is 15.3 Å². The van der Waals surface area contributed by atoms with Crippen LogP contribution < -0.4 is 10.2 Å². The maximum atomic E-state index is 12.3. The van der Waals surface area contributed by atoms with Crippen LogP contribution in [0, 0.1) is 11.3 Å². The third-order valence-electron chi connectivity index (χ3n) is 4.40. The smallest absolute Gasteiger partial charge is 0.258 e. The summed E-state index contributed by atoms with van der Waals surface area (Å²) < 4.78 is 1.68. The summed E-state index contributed by atoms with van der Waals surface area (Å²) in [5.41, 5.74) is 2.41. The van der Waals surface area contributed by atoms with Crippen molar-refractivity contribution in [2.75, 3.05) is 23.3 Å². The van der Waals surface area contributed by atoms with Crippen molar-refractivity contribution in [2.24, 2.45) is 0 Å². The molecule has 0 radical (unpaired) electrons. The van der Waals surface area contributed by atoms with Crippen LogP contribution in [-0.4, -0.2) is 40.0 Å². The second-order valence-electron chi connectivity index (χ2n) is 6.10. The van der Waals surface area contributed by atoms with Crippen LogP contribution in [-0.2, 0) is 6.54 Å². The van der Waals surface area contributed by atoms with Crippen molar-refractivity contribution in [2.45, 2.75) is 32.4 Å². The molecule has 7 nitrogen and oxygen atoms in total. The quantitative estimate of drug-likeness (QED) is 0.888. The van der Waals surface area contributed by atoms with Gasteiger partial charge in [0.2, 0.25) is 0 Å². The Morgan fingerprint density at radius 1 is 1.44 bits per heavy atom. The Balaban J connectivity index is 1.75. The number of aliphatic hydroxyl groups is 1. The highest BCUT2D eigenvalue weighted by Crippen LogP contribution is 2.27. The van der Waals surface area contributed by atoms with Crippen molar-refractivity contribution in [1.82, 2.24) is 9.78 Å². The molecule has 1 amide bonds. The lowest BCUT2D eigenvalue weighted by atomic mass is 10.0. The van der Waals surface area contributed by atoms with Crippen molar-refractivity contribution in [1.29, 1.82) is 5.26 Å². The predicted molar refractivity (Wildman–Crippen MR) is 94.5 cm³/mol. The van der Waals surface area contributed by atoms with E-state index in [2.05, 4.69) is 21.4 Å². The summed E-state index contributed by atoms with van der Waals surface area (Å²) in [5, 5.41) is 26.0. The zero-order chi connectivity index (χ0) is 17.8. The standard InChI is InChI=1S/C18H21N5O2/c1-2-23-12-14(11-20-23)18(25)21-15-3-4-17(13(9-15)10-19)22-7-5-16(24)6-8-22/h3-4,9,11-12,16,24H,2,5-8H2,1H3,(H,21,25). The number of aromatic nitrogens is 2. The maximum absolute atomic E-state index is 12.3. The fourth-order valence-corrected chi connectivity index (χ4v) is 2.94. The summed E-state index contributed by atoms with van der Waals surface area (Å²) in [6, 6.07) is 7.53. The van der Waals surface area contributed by atoms with Crippen LogP contribution in [0.3, 0.4) is 0 Å². The number of nitrogens with zero attached hydrogens (tertiary/aromatic N) is 4. The number of carbonyl (C=O) groups excluding carboxylic acids is 1. The molecule has 0 unspecified atom stereocenters. The third-order valence-corrected chi connectivity index (χ3v) is 4.40. The molecule has 1 saturated heterocycles. The highest BCUT2D eigenvalue weighted by Gasteiger charge is 2.20. The first-order chi connectivity index (χ1) is 12.1. The Morgan fingerprint density at radius 2 is 2.20 bits per heavy atom. The number of hydrogen-bond acceptors (Lipinski definition) is 5. The lowest BCUT2D eigenvalue weighted by molar-refractivity contribution is 0.102. The number of rotatable bonds is 4. The van der Waals surface area contributed by atoms with Gasteiger partial charge in [-0.05, 0) is 38.0 Å². The highest BCUT2D eigenvalue weighted by molar-refractivity contribution is 6.04. The van der Waals surface area contributed by atoms with Gasteiger partial charge in [0.1, 0.15) is 6.07 Å². The number of amides is 1. The zero-order valence-corrected chi connectivity index (χ0v) is 14.1. The fourth-order valence-electron chi connectivity index (χ4n) is 2.94. The maximum Gasteiger partial charge on any atom is 0.258 e. The van der Waals surface area contributed by atoms with Crippen LogP contribution in [0.1, 0.15) is 35.7 Å². The molecular weight excluding hydrogens is 318 g/mol. The molecule has 1 aromatic carbocycles. The largest absolute Gasteiger partial charge is 0.393 e. The van der Waals surface area contributed by atoms with E-state index in [0.29, 0.717) is 36.2 Å². The molecule has 2 heterocycles. The molecule has 0 atom stereocenters. The van der Waals surface area contributed by atoms with Gasteiger partial charge in [0, 0.05) is 31.5 Å². The first-order valence-electron chi connectivity index (χ1n) is 8.41. The molecule has 0 bridgehead atoms. The molecule has 7 heteroatoms. The molecular formula is C18H21N5O2. The summed E-state index contributed by atoms with van der Waals surface area (Å²) in [7, 11) is 0. The van der Waals surface area contributed by atoms with Crippen LogP contribution in [0.15, 0.2) is 30.6 Å². The number of nitriles is 1. The lowest BCUT2D eigenvalue weighted by Crippen LogP contribution is -2.36. The van der Waals surface area contributed by atoms with Gasteiger partial charge in [0.15, 0.2) is 0 Å². The number of aryl methyl sites for hydroxylation is 1. The van der Waals surface area contributed by atoms with Crippen molar-refractivity contribution >= 4 is 17.3 Å². The number of carbonyl (C=O) groups is 1. The van der Waals surface area contributed by atoms with E-state index in [1.165, 1.54) is 6.20 Å². The number of piperidine rings is 1. The summed E-state index contributed by atoms with van der Waals surface area (Å²) in [6.07, 6.45) is 4.35. The molecule has 1 aliphatic rings. The van der Waals surface area contributed by atoms with Gasteiger partial charge in [-0.2, -0.15) is 10.4 Å². The minimum atomic E-state index is -0.260. The van der Waals surface area contributed by atoms with Crippen molar-refractivity contribution in [3.05, 3.63) is 41.7 Å².